The SMILES string of the molecule is Cc1cc(C)c(NC(=O)CN(C)C(=O)CCC(C)C)c(C)c1. The van der Waals surface area contributed by atoms with Crippen LogP contribution in [0, 0.1) is 26.7 Å². The number of likely N-dealkylation sites (N-methyl/N-ethyl adjacent to an activating group) is 1. The van der Waals surface area contributed by atoms with E-state index >= 15 is 0 Å². The first kappa shape index (κ1) is 18.2. The number of nitrogens with one attached hydrogen (secondary N) is 1. The van der Waals surface area contributed by atoms with E-state index in [1.165, 1.54) is 10.5 Å². The van der Waals surface area contributed by atoms with Gasteiger partial charge in [0.2, 0.25) is 11.8 Å². The Kier molecular flexibility index (Phi) is 6.60. The van der Waals surface area contributed by atoms with Gasteiger partial charge in [-0.1, -0.05) is 31.5 Å². The Balaban J connectivity index is 2.61. The van der Waals surface area contributed by atoms with Gasteiger partial charge in [0.05, 0.1) is 6.54 Å². The predicted octanol–water partition coefficient (Wildman–Crippen LogP) is 3.44. The van der Waals surface area contributed by atoms with Gasteiger partial charge in [-0.3, -0.25) is 9.59 Å². The van der Waals surface area contributed by atoms with Crippen LogP contribution in [0.2, 0.25) is 0 Å². The molecule has 0 saturated heterocycles. The number of anilines is 1. The van der Waals surface area contributed by atoms with E-state index in [1.54, 1.807) is 7.05 Å². The summed E-state index contributed by atoms with van der Waals surface area (Å²) in [4.78, 5) is 25.6. The smallest absolute Gasteiger partial charge is 0.243 e. The molecule has 0 radical (unpaired) electrons. The van der Waals surface area contributed by atoms with Crippen molar-refractivity contribution in [2.75, 3.05) is 18.9 Å². The molecule has 0 aromatic heterocycles. The molecule has 0 bridgehead atoms. The van der Waals surface area contributed by atoms with Crippen LogP contribution < -0.4 is 5.32 Å². The van der Waals surface area contributed by atoms with E-state index in [4.69, 9.17) is 0 Å². The third-order valence-corrected chi connectivity index (χ3v) is 3.68. The van der Waals surface area contributed by atoms with Crippen LogP contribution in [-0.2, 0) is 9.59 Å². The highest BCUT2D eigenvalue weighted by Crippen LogP contribution is 2.21. The van der Waals surface area contributed by atoms with Gasteiger partial charge in [0.15, 0.2) is 0 Å². The van der Waals surface area contributed by atoms with Crippen LogP contribution >= 0.6 is 0 Å². The van der Waals surface area contributed by atoms with Crippen LogP contribution in [0.4, 0.5) is 5.69 Å². The largest absolute Gasteiger partial charge is 0.336 e. The van der Waals surface area contributed by atoms with Gasteiger partial charge < -0.3 is 10.2 Å². The number of carbonyl (C=O) groups is 2. The molecule has 0 unspecified atom stereocenters. The predicted molar refractivity (Wildman–Crippen MR) is 91.0 cm³/mol. The maximum atomic E-state index is 12.1. The average molecular weight is 304 g/mol. The highest BCUT2D eigenvalue weighted by molar-refractivity contribution is 5.95. The van der Waals surface area contributed by atoms with Gasteiger partial charge in [0.25, 0.3) is 0 Å². The molecule has 0 fully saturated rings. The zero-order chi connectivity index (χ0) is 16.9. The molecule has 1 aromatic rings. The van der Waals surface area contributed by atoms with Crippen molar-refractivity contribution in [3.8, 4) is 0 Å². The molecule has 0 aliphatic carbocycles. The van der Waals surface area contributed by atoms with E-state index in [0.717, 1.165) is 23.2 Å². The lowest BCUT2D eigenvalue weighted by Gasteiger charge is -2.19. The van der Waals surface area contributed by atoms with Crippen LogP contribution in [0.15, 0.2) is 12.1 Å². The molecule has 0 aliphatic rings. The molecule has 1 N–H and O–H groups in total. The molecule has 1 rings (SSSR count). The molecule has 0 atom stereocenters. The quantitative estimate of drug-likeness (QED) is 0.875. The van der Waals surface area contributed by atoms with Crippen molar-refractivity contribution in [1.82, 2.24) is 4.90 Å². The lowest BCUT2D eigenvalue weighted by molar-refractivity contribution is -0.133. The molecule has 22 heavy (non-hydrogen) atoms. The Bertz CT molecular complexity index is 527. The first-order valence-corrected chi connectivity index (χ1v) is 7.82. The van der Waals surface area contributed by atoms with E-state index < -0.39 is 0 Å². The molecule has 0 saturated carbocycles. The Morgan fingerprint density at radius 2 is 1.68 bits per heavy atom. The van der Waals surface area contributed by atoms with Crippen molar-refractivity contribution in [3.63, 3.8) is 0 Å². The average Bonchev–Trinajstić information content (AvgIpc) is 2.39. The lowest BCUT2D eigenvalue weighted by atomic mass is 10.1. The van der Waals surface area contributed by atoms with Gasteiger partial charge in [-0.15, -0.1) is 0 Å². The molecule has 0 heterocycles. The highest BCUT2D eigenvalue weighted by atomic mass is 16.2. The monoisotopic (exact) mass is 304 g/mol. The summed E-state index contributed by atoms with van der Waals surface area (Å²) < 4.78 is 0. The van der Waals surface area contributed by atoms with Crippen LogP contribution in [0.1, 0.15) is 43.4 Å². The van der Waals surface area contributed by atoms with E-state index in [-0.39, 0.29) is 18.4 Å². The van der Waals surface area contributed by atoms with Crippen molar-refractivity contribution < 1.29 is 9.59 Å². The Morgan fingerprint density at radius 1 is 1.14 bits per heavy atom. The van der Waals surface area contributed by atoms with Gasteiger partial charge in [-0.05, 0) is 44.2 Å². The fourth-order valence-electron chi connectivity index (χ4n) is 2.46. The summed E-state index contributed by atoms with van der Waals surface area (Å²) in [7, 11) is 1.68. The topological polar surface area (TPSA) is 49.4 Å². The second-order valence-corrected chi connectivity index (χ2v) is 6.50. The molecular formula is C18H28N2O2. The minimum Gasteiger partial charge on any atom is -0.336 e. The normalized spacial score (nSPS) is 10.7. The fourth-order valence-corrected chi connectivity index (χ4v) is 2.46. The zero-order valence-corrected chi connectivity index (χ0v) is 14.6. The van der Waals surface area contributed by atoms with Gasteiger partial charge in [-0.2, -0.15) is 0 Å². The second kappa shape index (κ2) is 7.97. The molecule has 2 amide bonds. The first-order valence-electron chi connectivity index (χ1n) is 7.82. The number of benzene rings is 1. The fraction of sp³-hybridized carbons (Fsp3) is 0.556. The Hall–Kier alpha value is -1.84. The number of hydrogen-bond donors (Lipinski definition) is 1. The van der Waals surface area contributed by atoms with Gasteiger partial charge in [-0.25, -0.2) is 0 Å². The summed E-state index contributed by atoms with van der Waals surface area (Å²) in [5.41, 5.74) is 4.10. The number of aryl methyl sites for hydroxylation is 3. The van der Waals surface area contributed by atoms with Crippen molar-refractivity contribution in [3.05, 3.63) is 28.8 Å². The molecule has 122 valence electrons. The summed E-state index contributed by atoms with van der Waals surface area (Å²) in [6.07, 6.45) is 1.34. The van der Waals surface area contributed by atoms with Gasteiger partial charge >= 0.3 is 0 Å². The Labute approximate surface area is 133 Å². The number of carbonyl (C=O) groups excluding carboxylic acids is 2. The molecular weight excluding hydrogens is 276 g/mol. The van der Waals surface area contributed by atoms with Crippen molar-refractivity contribution in [2.24, 2.45) is 5.92 Å². The van der Waals surface area contributed by atoms with E-state index in [0.29, 0.717) is 12.3 Å². The van der Waals surface area contributed by atoms with Crippen molar-refractivity contribution in [2.45, 2.75) is 47.5 Å². The standard InChI is InChI=1S/C18H28N2O2/c1-12(2)7-8-17(22)20(6)11-16(21)19-18-14(4)9-13(3)10-15(18)5/h9-10,12H,7-8,11H2,1-6H3,(H,19,21). The number of nitrogens with zero attached hydrogens (tertiary/aromatic N) is 1. The number of hydrogen-bond acceptors (Lipinski definition) is 2. The molecule has 4 nitrogen and oxygen atoms in total. The van der Waals surface area contributed by atoms with Crippen molar-refractivity contribution >= 4 is 17.5 Å². The molecule has 0 aliphatic heterocycles. The minimum absolute atomic E-state index is 0.0150. The third kappa shape index (κ3) is 5.51. The second-order valence-electron chi connectivity index (χ2n) is 6.50. The van der Waals surface area contributed by atoms with Crippen molar-refractivity contribution in [1.29, 1.82) is 0 Å². The third-order valence-electron chi connectivity index (χ3n) is 3.68. The maximum absolute atomic E-state index is 12.1. The maximum Gasteiger partial charge on any atom is 0.243 e. The van der Waals surface area contributed by atoms with Crippen LogP contribution in [0.3, 0.4) is 0 Å². The Morgan fingerprint density at radius 3 is 2.18 bits per heavy atom. The summed E-state index contributed by atoms with van der Waals surface area (Å²) in [6.45, 7) is 10.3. The van der Waals surface area contributed by atoms with Gasteiger partial charge in [0, 0.05) is 19.2 Å². The highest BCUT2D eigenvalue weighted by Gasteiger charge is 2.15. The minimum atomic E-state index is -0.157. The molecule has 4 heteroatoms. The van der Waals surface area contributed by atoms with E-state index in [1.807, 2.05) is 32.9 Å². The summed E-state index contributed by atoms with van der Waals surface area (Å²) in [6, 6.07) is 4.08. The zero-order valence-electron chi connectivity index (χ0n) is 14.6. The lowest BCUT2D eigenvalue weighted by Crippen LogP contribution is -2.35. The van der Waals surface area contributed by atoms with Gasteiger partial charge in [0.1, 0.15) is 0 Å². The number of rotatable bonds is 6. The molecule has 1 aromatic carbocycles. The summed E-state index contributed by atoms with van der Waals surface area (Å²) in [5.74, 6) is 0.348. The van der Waals surface area contributed by atoms with Crippen LogP contribution in [-0.4, -0.2) is 30.3 Å². The number of amides is 2. The first-order chi connectivity index (χ1) is 10.2. The van der Waals surface area contributed by atoms with E-state index in [9.17, 15) is 9.59 Å². The van der Waals surface area contributed by atoms with Crippen LogP contribution in [0.25, 0.3) is 0 Å². The van der Waals surface area contributed by atoms with Crippen LogP contribution in [0.5, 0.6) is 0 Å². The summed E-state index contributed by atoms with van der Waals surface area (Å²) in [5, 5.41) is 2.92. The summed E-state index contributed by atoms with van der Waals surface area (Å²) >= 11 is 0. The molecule has 0 spiro atoms. The van der Waals surface area contributed by atoms with E-state index in [2.05, 4.69) is 19.2 Å².